The van der Waals surface area contributed by atoms with Gasteiger partial charge in [-0.1, -0.05) is 30.3 Å². The van der Waals surface area contributed by atoms with Gasteiger partial charge in [-0.3, -0.25) is 14.5 Å². The van der Waals surface area contributed by atoms with Crippen molar-refractivity contribution in [1.29, 1.82) is 0 Å². The van der Waals surface area contributed by atoms with Crippen molar-refractivity contribution >= 4 is 28.7 Å². The van der Waals surface area contributed by atoms with Gasteiger partial charge in [-0.2, -0.15) is 0 Å². The van der Waals surface area contributed by atoms with E-state index in [0.29, 0.717) is 22.6 Å². The highest BCUT2D eigenvalue weighted by atomic mass is 32.1. The summed E-state index contributed by atoms with van der Waals surface area (Å²) in [7, 11) is 1.54. The van der Waals surface area contributed by atoms with Crippen LogP contribution in [-0.2, 0) is 4.79 Å². The summed E-state index contributed by atoms with van der Waals surface area (Å²) in [5, 5.41) is 13.0. The van der Waals surface area contributed by atoms with E-state index in [9.17, 15) is 14.7 Å². The van der Waals surface area contributed by atoms with E-state index < -0.39 is 23.5 Å². The number of aliphatic hydroxyl groups excluding tert-OH is 1. The number of anilines is 1. The van der Waals surface area contributed by atoms with Crippen molar-refractivity contribution in [2.45, 2.75) is 13.0 Å². The highest BCUT2D eigenvalue weighted by Crippen LogP contribution is 2.45. The number of hydrogen-bond donors (Lipinski definition) is 2. The van der Waals surface area contributed by atoms with Gasteiger partial charge in [-0.15, -0.1) is 11.3 Å². The van der Waals surface area contributed by atoms with E-state index in [-0.39, 0.29) is 5.57 Å². The average molecular weight is 471 g/mol. The molecule has 6 nitrogen and oxygen atoms in total. The zero-order chi connectivity index (χ0) is 23.8. The minimum absolute atomic E-state index is 0.0200. The van der Waals surface area contributed by atoms with Crippen LogP contribution in [0.3, 0.4) is 0 Å². The number of aromatic nitrogens is 1. The van der Waals surface area contributed by atoms with Crippen LogP contribution >= 0.6 is 11.3 Å². The van der Waals surface area contributed by atoms with Gasteiger partial charge in [-0.05, 0) is 53.8 Å². The molecule has 0 saturated heterocycles. The van der Waals surface area contributed by atoms with E-state index >= 15 is 0 Å². The number of carbonyl (C=O) groups excluding carboxylic acids is 2. The minimum atomic E-state index is -0.847. The molecular weight excluding hydrogens is 448 g/mol. The number of aromatic amines is 1. The number of aliphatic hydroxyl groups is 1. The Morgan fingerprint density at radius 1 is 1.09 bits per heavy atom. The smallest absolute Gasteiger partial charge is 0.294 e. The molecule has 2 N–H and O–H groups in total. The normalized spacial score (nSPS) is 15.8. The first-order valence-electron chi connectivity index (χ1n) is 10.7. The lowest BCUT2D eigenvalue weighted by atomic mass is 9.93. The molecule has 3 heterocycles. The second-order valence-corrected chi connectivity index (χ2v) is 9.12. The molecule has 0 spiro atoms. The number of para-hydroxylation sites is 1. The Morgan fingerprint density at radius 3 is 2.50 bits per heavy atom. The molecular formula is C27H22N2O4S. The summed E-state index contributed by atoms with van der Waals surface area (Å²) >= 11 is 1.68. The lowest BCUT2D eigenvalue weighted by molar-refractivity contribution is -0.117. The minimum Gasteiger partial charge on any atom is -0.503 e. The monoisotopic (exact) mass is 470 g/mol. The van der Waals surface area contributed by atoms with Crippen molar-refractivity contribution in [1.82, 2.24) is 4.98 Å². The van der Waals surface area contributed by atoms with E-state index in [4.69, 9.17) is 4.74 Å². The molecule has 2 aromatic heterocycles. The summed E-state index contributed by atoms with van der Waals surface area (Å²) in [6.07, 6.45) is 3.18. The Balaban J connectivity index is 1.62. The van der Waals surface area contributed by atoms with E-state index in [1.54, 1.807) is 41.9 Å². The Hall–Kier alpha value is -4.10. The maximum Gasteiger partial charge on any atom is 0.294 e. The first-order valence-corrected chi connectivity index (χ1v) is 11.6. The number of aryl methyl sites for hydroxylation is 1. The number of H-pyrrole nitrogens is 1. The van der Waals surface area contributed by atoms with Crippen molar-refractivity contribution in [2.24, 2.45) is 0 Å². The van der Waals surface area contributed by atoms with Crippen LogP contribution in [0.15, 0.2) is 89.8 Å². The molecule has 0 fully saturated rings. The van der Waals surface area contributed by atoms with Gasteiger partial charge in [0.2, 0.25) is 0 Å². The molecule has 1 amide bonds. The number of amides is 1. The molecule has 0 radical (unpaired) electrons. The average Bonchev–Trinajstić information content (AvgIpc) is 3.60. The largest absolute Gasteiger partial charge is 0.503 e. The number of thiophene rings is 1. The topological polar surface area (TPSA) is 82.6 Å². The Bertz CT molecular complexity index is 1400. The van der Waals surface area contributed by atoms with E-state index in [0.717, 1.165) is 11.1 Å². The van der Waals surface area contributed by atoms with Crippen LogP contribution in [0.25, 0.3) is 11.1 Å². The van der Waals surface area contributed by atoms with Gasteiger partial charge in [0, 0.05) is 34.1 Å². The van der Waals surface area contributed by atoms with Crippen LogP contribution in [0.4, 0.5) is 5.69 Å². The summed E-state index contributed by atoms with van der Waals surface area (Å²) in [5.41, 5.74) is 3.69. The van der Waals surface area contributed by atoms with E-state index in [2.05, 4.69) is 23.4 Å². The number of hydrogen-bond acceptors (Lipinski definition) is 5. The maximum absolute atomic E-state index is 13.4. The SMILES string of the molecule is COc1ccccc1C1C(C(=O)c2cc[nH]c2)=C(O)C(=O)N1c1ccc(-c2csc(C)c2)cc1. The Morgan fingerprint density at radius 2 is 1.85 bits per heavy atom. The molecule has 4 aromatic rings. The van der Waals surface area contributed by atoms with Crippen LogP contribution in [0.1, 0.15) is 26.8 Å². The quantitative estimate of drug-likeness (QED) is 0.347. The molecule has 0 bridgehead atoms. The van der Waals surface area contributed by atoms with Crippen LogP contribution in [0.2, 0.25) is 0 Å². The number of carbonyl (C=O) groups is 2. The molecule has 5 rings (SSSR count). The molecule has 34 heavy (non-hydrogen) atoms. The first-order chi connectivity index (χ1) is 16.5. The third kappa shape index (κ3) is 3.60. The van der Waals surface area contributed by atoms with Crippen molar-refractivity contribution in [3.63, 3.8) is 0 Å². The van der Waals surface area contributed by atoms with Crippen LogP contribution in [0.5, 0.6) is 5.75 Å². The molecule has 2 aromatic carbocycles. The van der Waals surface area contributed by atoms with Crippen molar-refractivity contribution in [3.05, 3.63) is 106 Å². The van der Waals surface area contributed by atoms with Crippen LogP contribution in [0, 0.1) is 6.92 Å². The number of ether oxygens (including phenoxy) is 1. The van der Waals surface area contributed by atoms with E-state index in [1.165, 1.54) is 16.9 Å². The maximum atomic E-state index is 13.4. The van der Waals surface area contributed by atoms with Gasteiger partial charge in [-0.25, -0.2) is 0 Å². The lowest BCUT2D eigenvalue weighted by Crippen LogP contribution is -2.31. The number of nitrogens with zero attached hydrogens (tertiary/aromatic N) is 1. The number of nitrogens with one attached hydrogen (secondary N) is 1. The predicted molar refractivity (Wildman–Crippen MR) is 132 cm³/mol. The Labute approximate surface area is 200 Å². The number of benzene rings is 2. The number of methoxy groups -OCH3 is 1. The predicted octanol–water partition coefficient (Wildman–Crippen LogP) is 5.84. The van der Waals surface area contributed by atoms with Gasteiger partial charge in [0.1, 0.15) is 5.75 Å². The molecule has 0 aliphatic carbocycles. The standard InChI is InChI=1S/C27H22N2O4S/c1-16-13-19(15-34-16)17-7-9-20(10-8-17)29-24(21-5-3-4-6-22(21)33-2)23(26(31)27(29)32)25(30)18-11-12-28-14-18/h3-15,24,28,31H,1-2H3. The van der Waals surface area contributed by atoms with Gasteiger partial charge in [0.15, 0.2) is 11.5 Å². The number of Topliss-reactive ketones (excluding diaryl/α,β-unsaturated/α-hetero) is 1. The first kappa shape index (κ1) is 21.7. The zero-order valence-corrected chi connectivity index (χ0v) is 19.4. The molecule has 1 unspecified atom stereocenters. The molecule has 170 valence electrons. The number of rotatable bonds is 6. The third-order valence-corrected chi connectivity index (χ3v) is 6.82. The lowest BCUT2D eigenvalue weighted by Gasteiger charge is -2.28. The summed E-state index contributed by atoms with van der Waals surface area (Å²) in [5.74, 6) is -1.09. The third-order valence-electron chi connectivity index (χ3n) is 5.96. The van der Waals surface area contributed by atoms with Crippen molar-refractivity contribution in [3.8, 4) is 16.9 Å². The zero-order valence-electron chi connectivity index (χ0n) is 18.6. The van der Waals surface area contributed by atoms with Crippen LogP contribution < -0.4 is 9.64 Å². The summed E-state index contributed by atoms with van der Waals surface area (Å²) in [6, 6.07) is 17.6. The molecule has 1 aliphatic rings. The summed E-state index contributed by atoms with van der Waals surface area (Å²) in [6.45, 7) is 2.06. The second-order valence-electron chi connectivity index (χ2n) is 8.00. The second kappa shape index (κ2) is 8.68. The number of ketones is 1. The summed E-state index contributed by atoms with van der Waals surface area (Å²) < 4.78 is 5.55. The molecule has 1 atom stereocenters. The van der Waals surface area contributed by atoms with Gasteiger partial charge in [0.05, 0.1) is 18.7 Å². The fourth-order valence-corrected chi connectivity index (χ4v) is 5.03. The van der Waals surface area contributed by atoms with Gasteiger partial charge < -0.3 is 14.8 Å². The fourth-order valence-electron chi connectivity index (χ4n) is 4.32. The highest BCUT2D eigenvalue weighted by molar-refractivity contribution is 7.10. The van der Waals surface area contributed by atoms with Crippen molar-refractivity contribution in [2.75, 3.05) is 12.0 Å². The van der Waals surface area contributed by atoms with Gasteiger partial charge in [0.25, 0.3) is 5.91 Å². The van der Waals surface area contributed by atoms with Gasteiger partial charge >= 0.3 is 0 Å². The fraction of sp³-hybridized carbons (Fsp3) is 0.111. The molecule has 0 saturated carbocycles. The molecule has 7 heteroatoms. The Kier molecular flexibility index (Phi) is 5.55. The van der Waals surface area contributed by atoms with Crippen molar-refractivity contribution < 1.29 is 19.4 Å². The van der Waals surface area contributed by atoms with Crippen LogP contribution in [-0.4, -0.2) is 28.9 Å². The molecule has 1 aliphatic heterocycles. The highest BCUT2D eigenvalue weighted by Gasteiger charge is 2.45. The summed E-state index contributed by atoms with van der Waals surface area (Å²) in [4.78, 5) is 32.3. The van der Waals surface area contributed by atoms with E-state index in [1.807, 2.05) is 36.4 Å².